The lowest BCUT2D eigenvalue weighted by atomic mass is 9.87. The number of amides is 6. The van der Waals surface area contributed by atoms with E-state index in [9.17, 15) is 43.2 Å². The zero-order valence-electron chi connectivity index (χ0n) is 48.7. The fourth-order valence-electron chi connectivity index (χ4n) is 9.00. The van der Waals surface area contributed by atoms with E-state index in [1.807, 2.05) is 12.1 Å². The fourth-order valence-corrected chi connectivity index (χ4v) is 9.00. The number of methoxy groups -OCH3 is 2. The van der Waals surface area contributed by atoms with Crippen LogP contribution in [0.1, 0.15) is 109 Å². The van der Waals surface area contributed by atoms with E-state index in [1.54, 1.807) is 81.4 Å². The largest absolute Gasteiger partial charge is 0.493 e. The SMILES string of the molecule is COc1ccc(CC[C@H]2OC(=O)[C@@H]3CCCCN3C(=O)C(=O)C(C)(C)COC(=O)C=CCCN(C)C(=O)[C@@H](C)NC(=O)[C@H](COC(C)(C)C)N(C)C(=O)C(c3ccccc3)NC(=O)[C@H](C)N(C)C(=O)COc3cccc2c3)cc1OC. The van der Waals surface area contributed by atoms with E-state index in [1.165, 1.54) is 83.8 Å². The molecule has 2 heterocycles. The highest BCUT2D eigenvalue weighted by atomic mass is 16.5. The first-order valence-corrected chi connectivity index (χ1v) is 27.2. The number of cyclic esters (lactones) is 2. The van der Waals surface area contributed by atoms with Crippen molar-refractivity contribution in [2.24, 2.45) is 5.41 Å². The van der Waals surface area contributed by atoms with Crippen molar-refractivity contribution in [2.75, 3.05) is 68.3 Å². The third kappa shape index (κ3) is 17.8. The Kier molecular flexibility index (Phi) is 23.0. The van der Waals surface area contributed by atoms with Crippen molar-refractivity contribution in [3.63, 3.8) is 0 Å². The van der Waals surface area contributed by atoms with Crippen LogP contribution in [0.3, 0.4) is 0 Å². The first-order chi connectivity index (χ1) is 38.3. The number of aryl methyl sites for hydroxylation is 1. The molecular formula is C60H80N6O15. The Morgan fingerprint density at radius 3 is 2.11 bits per heavy atom. The van der Waals surface area contributed by atoms with E-state index in [0.717, 1.165) is 16.5 Å². The minimum atomic E-state index is -1.50. The third-order valence-corrected chi connectivity index (χ3v) is 14.2. The van der Waals surface area contributed by atoms with Crippen molar-refractivity contribution in [1.29, 1.82) is 0 Å². The minimum absolute atomic E-state index is 0.101. The Hall–Kier alpha value is -7.81. The first kappa shape index (κ1) is 64.0. The molecule has 1 saturated heterocycles. The molecule has 6 atom stereocenters. The maximum absolute atomic E-state index is 14.7. The number of hydrogen-bond acceptors (Lipinski definition) is 15. The quantitative estimate of drug-likeness (QED) is 0.220. The van der Waals surface area contributed by atoms with Crippen LogP contribution in [0, 0.1) is 5.41 Å². The van der Waals surface area contributed by atoms with Crippen LogP contribution in [0.4, 0.5) is 0 Å². The lowest BCUT2D eigenvalue weighted by molar-refractivity contribution is -0.165. The van der Waals surface area contributed by atoms with Crippen LogP contribution in [0.2, 0.25) is 0 Å². The van der Waals surface area contributed by atoms with E-state index in [2.05, 4.69) is 10.6 Å². The Balaban J connectivity index is 1.48. The number of nitrogens with zero attached hydrogens (tertiary/aromatic N) is 4. The van der Waals surface area contributed by atoms with Crippen LogP contribution in [-0.4, -0.2) is 171 Å². The second-order valence-electron chi connectivity index (χ2n) is 21.9. The van der Waals surface area contributed by atoms with Gasteiger partial charge in [-0.3, -0.25) is 33.6 Å². The molecule has 0 aliphatic carbocycles. The fraction of sp³-hybridized carbons (Fsp3) is 0.517. The van der Waals surface area contributed by atoms with Gasteiger partial charge in [-0.15, -0.1) is 0 Å². The van der Waals surface area contributed by atoms with Crippen LogP contribution >= 0.6 is 0 Å². The zero-order valence-corrected chi connectivity index (χ0v) is 48.7. The molecule has 21 heteroatoms. The van der Waals surface area contributed by atoms with Crippen LogP contribution in [0.5, 0.6) is 17.2 Å². The van der Waals surface area contributed by atoms with Gasteiger partial charge >= 0.3 is 11.9 Å². The molecule has 2 aliphatic heterocycles. The Morgan fingerprint density at radius 1 is 0.741 bits per heavy atom. The van der Waals surface area contributed by atoms with E-state index in [0.29, 0.717) is 41.9 Å². The summed E-state index contributed by atoms with van der Waals surface area (Å²) in [7, 11) is 7.37. The molecule has 2 aliphatic rings. The molecule has 21 nitrogen and oxygen atoms in total. The van der Waals surface area contributed by atoms with Crippen molar-refractivity contribution < 1.29 is 71.6 Å². The summed E-state index contributed by atoms with van der Waals surface area (Å²) in [6, 6.07) is 14.5. The van der Waals surface area contributed by atoms with Gasteiger partial charge in [0.15, 0.2) is 18.1 Å². The average Bonchev–Trinajstić information content (AvgIpc) is 3.45. The van der Waals surface area contributed by atoms with Crippen molar-refractivity contribution >= 4 is 53.2 Å². The van der Waals surface area contributed by atoms with E-state index in [4.69, 9.17) is 28.4 Å². The molecule has 1 unspecified atom stereocenters. The average molecular weight is 1130 g/mol. The topological polar surface area (TPSA) is 246 Å². The summed E-state index contributed by atoms with van der Waals surface area (Å²) in [6.45, 7) is 10.2. The van der Waals surface area contributed by atoms with Gasteiger partial charge in [0, 0.05) is 40.3 Å². The van der Waals surface area contributed by atoms with E-state index in [-0.39, 0.29) is 44.7 Å². The van der Waals surface area contributed by atoms with Gasteiger partial charge in [0.1, 0.15) is 48.7 Å². The molecule has 6 amide bonds. The van der Waals surface area contributed by atoms with Gasteiger partial charge < -0.3 is 58.7 Å². The highest BCUT2D eigenvalue weighted by Gasteiger charge is 2.43. The van der Waals surface area contributed by atoms with Gasteiger partial charge in [0.25, 0.3) is 11.8 Å². The number of nitrogens with one attached hydrogen (secondary N) is 2. The van der Waals surface area contributed by atoms with Gasteiger partial charge in [-0.05, 0) is 128 Å². The molecule has 0 radical (unpaired) electrons. The Labute approximate surface area is 474 Å². The van der Waals surface area contributed by atoms with E-state index >= 15 is 0 Å². The summed E-state index contributed by atoms with van der Waals surface area (Å²) in [5.74, 6) is -5.27. The van der Waals surface area contributed by atoms with Crippen LogP contribution < -0.4 is 24.8 Å². The number of benzene rings is 3. The van der Waals surface area contributed by atoms with Crippen molar-refractivity contribution in [3.8, 4) is 17.2 Å². The van der Waals surface area contributed by atoms with Crippen molar-refractivity contribution in [2.45, 2.75) is 129 Å². The first-order valence-electron chi connectivity index (χ1n) is 27.2. The predicted molar refractivity (Wildman–Crippen MR) is 299 cm³/mol. The number of carbonyl (C=O) groups is 9. The van der Waals surface area contributed by atoms with Crippen LogP contribution in [0.15, 0.2) is 84.9 Å². The van der Waals surface area contributed by atoms with Gasteiger partial charge in [-0.25, -0.2) is 9.59 Å². The number of likely N-dealkylation sites (N-methyl/N-ethyl adjacent to an activating group) is 3. The lowest BCUT2D eigenvalue weighted by Gasteiger charge is -2.36. The number of esters is 2. The monoisotopic (exact) mass is 1120 g/mol. The summed E-state index contributed by atoms with van der Waals surface area (Å²) in [4.78, 5) is 131. The summed E-state index contributed by atoms with van der Waals surface area (Å²) < 4.78 is 34.8. The predicted octanol–water partition coefficient (Wildman–Crippen LogP) is 5.09. The summed E-state index contributed by atoms with van der Waals surface area (Å²) in [5, 5.41) is 5.50. The summed E-state index contributed by atoms with van der Waals surface area (Å²) in [6.07, 6.45) is 3.82. The summed E-state index contributed by atoms with van der Waals surface area (Å²) in [5.41, 5.74) is -0.537. The Bertz CT molecular complexity index is 2760. The molecular weight excluding hydrogens is 1040 g/mol. The second-order valence-corrected chi connectivity index (χ2v) is 21.9. The molecule has 2 N–H and O–H groups in total. The van der Waals surface area contributed by atoms with Gasteiger partial charge in [-0.2, -0.15) is 0 Å². The molecule has 0 spiro atoms. The number of carbonyl (C=O) groups excluding carboxylic acids is 9. The standard InChI is InChI=1S/C60H80N6O15/c1-38-55(72)63(8)31-18-17-26-50(68)79-37-60(6,7)52(69)57(74)66-32-19-16-25-44(66)58(75)81-46(29-27-40-28-30-47(76-11)48(33-40)77-12)42-23-20-24-43(34-42)78-36-49(67)64(9)39(2)53(70)62-51(41-21-14-13-15-22-41)56(73)65(10)45(54(71)61-38)35-80-59(3,4)5/h13-15,17,20-24,26,28,30,33-34,38-39,44-46,51H,16,18-19,25,27,29,31-32,35-37H2,1-12H3,(H,61,71)(H,62,70)/t38-,39+,44+,45+,46-,51?/m1/s1. The summed E-state index contributed by atoms with van der Waals surface area (Å²) >= 11 is 0. The van der Waals surface area contributed by atoms with Crippen molar-refractivity contribution in [3.05, 3.63) is 102 Å². The number of fused-ring (bicyclic) bond motifs is 3. The number of rotatable bonds is 8. The lowest BCUT2D eigenvalue weighted by Crippen LogP contribution is -2.57. The highest BCUT2D eigenvalue weighted by molar-refractivity contribution is 6.38. The molecule has 5 rings (SSSR count). The maximum atomic E-state index is 14.7. The number of hydrogen-bond donors (Lipinski definition) is 2. The minimum Gasteiger partial charge on any atom is -0.493 e. The zero-order chi connectivity index (χ0) is 59.8. The number of Topliss-reactive ketones (excluding diaryl/α,β-unsaturated/α-hetero) is 1. The maximum Gasteiger partial charge on any atom is 0.330 e. The number of piperidine rings is 1. The number of ketones is 1. The normalized spacial score (nSPS) is 23.3. The highest BCUT2D eigenvalue weighted by Crippen LogP contribution is 2.33. The molecule has 0 aromatic heterocycles. The van der Waals surface area contributed by atoms with Crippen LogP contribution in [-0.2, 0) is 63.8 Å². The molecule has 1 fully saturated rings. The van der Waals surface area contributed by atoms with Crippen molar-refractivity contribution in [1.82, 2.24) is 30.2 Å². The molecule has 81 heavy (non-hydrogen) atoms. The molecule has 3 aromatic rings. The molecule has 2 bridgehead atoms. The number of ether oxygens (including phenoxy) is 6. The smallest absolute Gasteiger partial charge is 0.330 e. The molecule has 440 valence electrons. The van der Waals surface area contributed by atoms with Gasteiger partial charge in [0.05, 0.1) is 31.8 Å². The third-order valence-electron chi connectivity index (χ3n) is 14.2. The van der Waals surface area contributed by atoms with E-state index < -0.39 is 114 Å². The van der Waals surface area contributed by atoms with Crippen LogP contribution in [0.25, 0.3) is 0 Å². The second kappa shape index (κ2) is 29.1. The Morgan fingerprint density at radius 2 is 1.43 bits per heavy atom. The molecule has 0 saturated carbocycles. The molecule has 3 aromatic carbocycles. The van der Waals surface area contributed by atoms with Gasteiger partial charge in [-0.1, -0.05) is 54.6 Å². The van der Waals surface area contributed by atoms with Gasteiger partial charge in [0.2, 0.25) is 29.4 Å².